The van der Waals surface area contributed by atoms with Gasteiger partial charge in [0.05, 0.1) is 12.1 Å². The highest BCUT2D eigenvalue weighted by Gasteiger charge is 2.44. The molecule has 8 nitrogen and oxygen atoms in total. The van der Waals surface area contributed by atoms with Gasteiger partial charge in [-0.25, -0.2) is 4.90 Å². The van der Waals surface area contributed by atoms with Gasteiger partial charge in [-0.1, -0.05) is 24.3 Å². The third-order valence-electron chi connectivity index (χ3n) is 4.70. The fourth-order valence-electron chi connectivity index (χ4n) is 3.31. The summed E-state index contributed by atoms with van der Waals surface area (Å²) in [5, 5.41) is 2.63. The third-order valence-corrected chi connectivity index (χ3v) is 4.70. The number of nitrogens with one attached hydrogen (secondary N) is 1. The standard InChI is InChI=1S/C23H23N3O5/c1-3-13-25(22(29)15-31-19-7-5-4-6-8-19)20-14-21(28)26(23(20)30)18-11-9-17(10-12-18)24-16(2)27/h3-12,20H,1,13-15H2,2H3,(H,24,27). The molecule has 0 bridgehead atoms. The molecule has 31 heavy (non-hydrogen) atoms. The second-order valence-corrected chi connectivity index (χ2v) is 6.95. The van der Waals surface area contributed by atoms with Crippen molar-refractivity contribution in [1.29, 1.82) is 0 Å². The molecular weight excluding hydrogens is 398 g/mol. The first-order valence-electron chi connectivity index (χ1n) is 9.73. The molecule has 0 spiro atoms. The van der Waals surface area contributed by atoms with Crippen molar-refractivity contribution >= 4 is 35.0 Å². The minimum atomic E-state index is -0.938. The van der Waals surface area contributed by atoms with Gasteiger partial charge in [-0.2, -0.15) is 0 Å². The van der Waals surface area contributed by atoms with Crippen LogP contribution in [0.15, 0.2) is 67.3 Å². The summed E-state index contributed by atoms with van der Waals surface area (Å²) in [6, 6.07) is 14.3. The maximum absolute atomic E-state index is 13.0. The molecule has 0 aromatic heterocycles. The summed E-state index contributed by atoms with van der Waals surface area (Å²) in [4.78, 5) is 51.9. The monoisotopic (exact) mass is 421 g/mol. The third kappa shape index (κ3) is 5.16. The summed E-state index contributed by atoms with van der Waals surface area (Å²) in [6.45, 7) is 4.88. The first kappa shape index (κ1) is 21.8. The summed E-state index contributed by atoms with van der Waals surface area (Å²) in [6.07, 6.45) is 1.38. The first-order valence-corrected chi connectivity index (χ1v) is 9.73. The SMILES string of the molecule is C=CCN(C(=O)COc1ccccc1)C1CC(=O)N(c2ccc(NC(C)=O)cc2)C1=O. The molecule has 1 aliphatic rings. The van der Waals surface area contributed by atoms with Gasteiger partial charge in [-0.3, -0.25) is 19.2 Å². The topological polar surface area (TPSA) is 96.0 Å². The van der Waals surface area contributed by atoms with E-state index in [1.807, 2.05) is 6.07 Å². The van der Waals surface area contributed by atoms with Gasteiger partial charge in [-0.15, -0.1) is 6.58 Å². The highest BCUT2D eigenvalue weighted by Crippen LogP contribution is 2.27. The lowest BCUT2D eigenvalue weighted by molar-refractivity contribution is -0.139. The van der Waals surface area contributed by atoms with E-state index in [1.54, 1.807) is 48.5 Å². The molecule has 3 rings (SSSR count). The van der Waals surface area contributed by atoms with Gasteiger partial charge >= 0.3 is 0 Å². The number of imide groups is 1. The molecule has 1 N–H and O–H groups in total. The largest absolute Gasteiger partial charge is 0.484 e. The van der Waals surface area contributed by atoms with E-state index in [2.05, 4.69) is 11.9 Å². The van der Waals surface area contributed by atoms with Crippen LogP contribution in [0.2, 0.25) is 0 Å². The zero-order chi connectivity index (χ0) is 22.4. The summed E-state index contributed by atoms with van der Waals surface area (Å²) >= 11 is 0. The van der Waals surface area contributed by atoms with Crippen LogP contribution < -0.4 is 15.0 Å². The van der Waals surface area contributed by atoms with Crippen LogP contribution in [0.4, 0.5) is 11.4 Å². The van der Waals surface area contributed by atoms with Crippen LogP contribution in [0.5, 0.6) is 5.75 Å². The van der Waals surface area contributed by atoms with E-state index in [1.165, 1.54) is 17.9 Å². The van der Waals surface area contributed by atoms with Gasteiger partial charge in [0.2, 0.25) is 11.8 Å². The lowest BCUT2D eigenvalue weighted by Gasteiger charge is -2.26. The average molecular weight is 421 g/mol. The molecule has 0 radical (unpaired) electrons. The zero-order valence-corrected chi connectivity index (χ0v) is 17.1. The molecule has 0 saturated carbocycles. The minimum Gasteiger partial charge on any atom is -0.484 e. The Morgan fingerprint density at radius 1 is 1.16 bits per heavy atom. The lowest BCUT2D eigenvalue weighted by Crippen LogP contribution is -2.47. The predicted molar refractivity (Wildman–Crippen MR) is 115 cm³/mol. The number of anilines is 2. The molecule has 2 aromatic carbocycles. The Kier molecular flexibility index (Phi) is 6.81. The Hall–Kier alpha value is -3.94. The number of ether oxygens (including phenoxy) is 1. The number of rotatable bonds is 8. The summed E-state index contributed by atoms with van der Waals surface area (Å²) in [5.41, 5.74) is 0.923. The smallest absolute Gasteiger partial charge is 0.261 e. The van der Waals surface area contributed by atoms with Gasteiger partial charge in [0.15, 0.2) is 6.61 Å². The van der Waals surface area contributed by atoms with Crippen molar-refractivity contribution in [3.05, 3.63) is 67.3 Å². The molecule has 160 valence electrons. The van der Waals surface area contributed by atoms with E-state index in [0.29, 0.717) is 17.1 Å². The van der Waals surface area contributed by atoms with E-state index in [4.69, 9.17) is 4.74 Å². The summed E-state index contributed by atoms with van der Waals surface area (Å²) < 4.78 is 5.50. The normalized spacial score (nSPS) is 15.5. The predicted octanol–water partition coefficient (Wildman–Crippen LogP) is 2.37. The van der Waals surface area contributed by atoms with Crippen molar-refractivity contribution in [2.75, 3.05) is 23.4 Å². The zero-order valence-electron chi connectivity index (χ0n) is 17.1. The van der Waals surface area contributed by atoms with Crippen LogP contribution in [0.1, 0.15) is 13.3 Å². The lowest BCUT2D eigenvalue weighted by atomic mass is 10.2. The number of carbonyl (C=O) groups excluding carboxylic acids is 4. The van der Waals surface area contributed by atoms with Gasteiger partial charge in [0.1, 0.15) is 11.8 Å². The molecule has 2 aromatic rings. The van der Waals surface area contributed by atoms with E-state index in [-0.39, 0.29) is 25.5 Å². The second kappa shape index (κ2) is 9.71. The Labute approximate surface area is 180 Å². The van der Waals surface area contributed by atoms with E-state index < -0.39 is 23.8 Å². The maximum Gasteiger partial charge on any atom is 0.261 e. The van der Waals surface area contributed by atoms with Crippen molar-refractivity contribution in [3.8, 4) is 5.75 Å². The number of hydrogen-bond acceptors (Lipinski definition) is 5. The van der Waals surface area contributed by atoms with Crippen LogP contribution in [-0.4, -0.2) is 47.7 Å². The number of amides is 4. The number of hydrogen-bond donors (Lipinski definition) is 1. The molecule has 0 aliphatic carbocycles. The van der Waals surface area contributed by atoms with Crippen LogP contribution in [0.25, 0.3) is 0 Å². The van der Waals surface area contributed by atoms with Crippen LogP contribution in [0.3, 0.4) is 0 Å². The molecule has 1 heterocycles. The van der Waals surface area contributed by atoms with E-state index >= 15 is 0 Å². The molecule has 1 aliphatic heterocycles. The number of benzene rings is 2. The van der Waals surface area contributed by atoms with Crippen LogP contribution in [-0.2, 0) is 19.2 Å². The summed E-state index contributed by atoms with van der Waals surface area (Å²) in [7, 11) is 0. The van der Waals surface area contributed by atoms with Crippen molar-refractivity contribution < 1.29 is 23.9 Å². The average Bonchev–Trinajstić information content (AvgIpc) is 3.05. The van der Waals surface area contributed by atoms with Crippen molar-refractivity contribution in [3.63, 3.8) is 0 Å². The molecule has 1 unspecified atom stereocenters. The number of nitrogens with zero attached hydrogens (tertiary/aromatic N) is 2. The maximum atomic E-state index is 13.0. The minimum absolute atomic E-state index is 0.107. The fraction of sp³-hybridized carbons (Fsp3) is 0.217. The Morgan fingerprint density at radius 3 is 2.45 bits per heavy atom. The van der Waals surface area contributed by atoms with Crippen LogP contribution >= 0.6 is 0 Å². The number of carbonyl (C=O) groups is 4. The summed E-state index contributed by atoms with van der Waals surface area (Å²) in [5.74, 6) is -1.01. The molecule has 1 atom stereocenters. The Balaban J connectivity index is 1.73. The van der Waals surface area contributed by atoms with E-state index in [0.717, 1.165) is 4.90 Å². The Bertz CT molecular complexity index is 988. The number of para-hydroxylation sites is 1. The van der Waals surface area contributed by atoms with Crippen molar-refractivity contribution in [2.24, 2.45) is 0 Å². The highest BCUT2D eigenvalue weighted by molar-refractivity contribution is 6.23. The Morgan fingerprint density at radius 2 is 1.84 bits per heavy atom. The van der Waals surface area contributed by atoms with E-state index in [9.17, 15) is 19.2 Å². The molecule has 1 saturated heterocycles. The molecule has 4 amide bonds. The van der Waals surface area contributed by atoms with Crippen LogP contribution in [0, 0.1) is 0 Å². The quantitative estimate of drug-likeness (QED) is 0.522. The fourth-order valence-corrected chi connectivity index (χ4v) is 3.31. The van der Waals surface area contributed by atoms with Crippen molar-refractivity contribution in [1.82, 2.24) is 4.90 Å². The molecule has 1 fully saturated rings. The highest BCUT2D eigenvalue weighted by atomic mass is 16.5. The molecular formula is C23H23N3O5. The first-order chi connectivity index (χ1) is 14.9. The molecule has 8 heteroatoms. The second-order valence-electron chi connectivity index (χ2n) is 6.95. The van der Waals surface area contributed by atoms with Gasteiger partial charge < -0.3 is 15.0 Å². The van der Waals surface area contributed by atoms with Crippen molar-refractivity contribution in [2.45, 2.75) is 19.4 Å². The van der Waals surface area contributed by atoms with Gasteiger partial charge in [0, 0.05) is 19.2 Å². The van der Waals surface area contributed by atoms with Gasteiger partial charge in [-0.05, 0) is 36.4 Å². The van der Waals surface area contributed by atoms with Gasteiger partial charge in [0.25, 0.3) is 11.8 Å².